The number of hydrogen-bond acceptors (Lipinski definition) is 5. The predicted molar refractivity (Wildman–Crippen MR) is 62.1 cm³/mol. The molecule has 5 heteroatoms. The van der Waals surface area contributed by atoms with Crippen LogP contribution in [-0.2, 0) is 4.74 Å². The molecule has 1 aromatic rings. The van der Waals surface area contributed by atoms with Crippen LogP contribution in [0.5, 0.6) is 0 Å². The Morgan fingerprint density at radius 2 is 2.13 bits per heavy atom. The van der Waals surface area contributed by atoms with Gasteiger partial charge >= 0.3 is 0 Å². The fourth-order valence-corrected chi connectivity index (χ4v) is 1.74. The van der Waals surface area contributed by atoms with Crippen LogP contribution in [0.25, 0.3) is 0 Å². The summed E-state index contributed by atoms with van der Waals surface area (Å²) >= 11 is 1.67. The van der Waals surface area contributed by atoms with Crippen molar-refractivity contribution in [1.82, 2.24) is 15.3 Å². The second kappa shape index (κ2) is 8.64. The second-order valence-electron chi connectivity index (χ2n) is 2.98. The molecule has 1 rings (SSSR count). The molecule has 0 aromatic carbocycles. The first-order chi connectivity index (χ1) is 7.43. The predicted octanol–water partition coefficient (Wildman–Crippen LogP) is 1.19. The average Bonchev–Trinajstić information content (AvgIpc) is 2.29. The van der Waals surface area contributed by atoms with E-state index in [2.05, 4.69) is 15.3 Å². The molecule has 0 unspecified atom stereocenters. The number of ether oxygens (including phenoxy) is 1. The van der Waals surface area contributed by atoms with Gasteiger partial charge in [-0.25, -0.2) is 9.97 Å². The highest BCUT2D eigenvalue weighted by molar-refractivity contribution is 7.99. The lowest BCUT2D eigenvalue weighted by molar-refractivity contribution is 0.194. The number of nitrogens with zero attached hydrogens (tertiary/aromatic N) is 2. The van der Waals surface area contributed by atoms with Gasteiger partial charge in [-0.15, -0.1) is 0 Å². The third-order valence-electron chi connectivity index (χ3n) is 1.75. The molecule has 84 valence electrons. The first kappa shape index (κ1) is 12.4. The fourth-order valence-electron chi connectivity index (χ4n) is 1.04. The second-order valence-corrected chi connectivity index (χ2v) is 4.04. The number of rotatable bonds is 8. The number of nitrogens with one attached hydrogen (secondary N) is 1. The zero-order valence-corrected chi connectivity index (χ0v) is 9.80. The van der Waals surface area contributed by atoms with E-state index >= 15 is 0 Å². The van der Waals surface area contributed by atoms with Gasteiger partial charge in [-0.05, 0) is 19.0 Å². The zero-order chi connectivity index (χ0) is 10.8. The van der Waals surface area contributed by atoms with Gasteiger partial charge in [0.05, 0.1) is 0 Å². The van der Waals surface area contributed by atoms with Crippen LogP contribution >= 0.6 is 11.8 Å². The molecule has 0 atom stereocenters. The van der Waals surface area contributed by atoms with Gasteiger partial charge < -0.3 is 10.1 Å². The average molecular weight is 227 g/mol. The molecule has 0 saturated carbocycles. The van der Waals surface area contributed by atoms with Crippen LogP contribution in [0.3, 0.4) is 0 Å². The maximum absolute atomic E-state index is 4.95. The summed E-state index contributed by atoms with van der Waals surface area (Å²) in [7, 11) is 1.72. The minimum absolute atomic E-state index is 0.821. The number of aromatic nitrogens is 2. The van der Waals surface area contributed by atoms with E-state index in [1.165, 1.54) is 0 Å². The van der Waals surface area contributed by atoms with Crippen LogP contribution in [-0.4, -0.2) is 42.5 Å². The van der Waals surface area contributed by atoms with Gasteiger partial charge in [0.15, 0.2) is 5.16 Å². The highest BCUT2D eigenvalue weighted by atomic mass is 32.2. The Labute approximate surface area is 94.8 Å². The maximum atomic E-state index is 4.95. The summed E-state index contributed by atoms with van der Waals surface area (Å²) in [5.74, 6) is 0.997. The van der Waals surface area contributed by atoms with Gasteiger partial charge in [-0.1, -0.05) is 11.8 Å². The van der Waals surface area contributed by atoms with Gasteiger partial charge in [0.1, 0.15) is 0 Å². The highest BCUT2D eigenvalue weighted by Crippen LogP contribution is 2.08. The minimum atomic E-state index is 0.821. The molecule has 1 N–H and O–H groups in total. The smallest absolute Gasteiger partial charge is 0.187 e. The van der Waals surface area contributed by atoms with E-state index in [1.54, 1.807) is 31.3 Å². The Hall–Kier alpha value is -0.650. The first-order valence-electron chi connectivity index (χ1n) is 5.03. The van der Waals surface area contributed by atoms with Crippen LogP contribution in [0.15, 0.2) is 23.6 Å². The van der Waals surface area contributed by atoms with Crippen molar-refractivity contribution in [2.75, 3.05) is 32.6 Å². The van der Waals surface area contributed by atoms with Crippen molar-refractivity contribution in [2.24, 2.45) is 0 Å². The summed E-state index contributed by atoms with van der Waals surface area (Å²) in [5, 5.41) is 4.18. The molecule has 0 amide bonds. The van der Waals surface area contributed by atoms with E-state index in [9.17, 15) is 0 Å². The maximum Gasteiger partial charge on any atom is 0.187 e. The standard InChI is InChI=1S/C10H17N3OS/c1-14-8-3-4-11-7-9-15-10-12-5-2-6-13-10/h2,5-6,11H,3-4,7-9H2,1H3. The molecule has 0 fully saturated rings. The lowest BCUT2D eigenvalue weighted by Gasteiger charge is -2.03. The van der Waals surface area contributed by atoms with Gasteiger partial charge in [0.2, 0.25) is 0 Å². The van der Waals surface area contributed by atoms with Crippen LogP contribution in [0.1, 0.15) is 6.42 Å². The Kier molecular flexibility index (Phi) is 7.16. The van der Waals surface area contributed by atoms with E-state index in [4.69, 9.17) is 4.74 Å². The molecular formula is C10H17N3OS. The highest BCUT2D eigenvalue weighted by Gasteiger charge is 1.94. The molecule has 0 bridgehead atoms. The molecule has 15 heavy (non-hydrogen) atoms. The Morgan fingerprint density at radius 1 is 1.33 bits per heavy atom. The lowest BCUT2D eigenvalue weighted by Crippen LogP contribution is -2.19. The van der Waals surface area contributed by atoms with Crippen LogP contribution in [0, 0.1) is 0 Å². The third-order valence-corrected chi connectivity index (χ3v) is 2.63. The Bertz CT molecular complexity index is 246. The molecule has 0 aliphatic heterocycles. The normalized spacial score (nSPS) is 10.5. The van der Waals surface area contributed by atoms with Crippen LogP contribution in [0.2, 0.25) is 0 Å². The Balaban J connectivity index is 1.93. The van der Waals surface area contributed by atoms with Crippen molar-refractivity contribution in [1.29, 1.82) is 0 Å². The summed E-state index contributed by atoms with van der Waals surface area (Å²) in [6.07, 6.45) is 4.59. The quantitative estimate of drug-likeness (QED) is 0.411. The molecular weight excluding hydrogens is 210 g/mol. The molecule has 4 nitrogen and oxygen atoms in total. The molecule has 1 aromatic heterocycles. The summed E-state index contributed by atoms with van der Waals surface area (Å²) in [6, 6.07) is 1.83. The van der Waals surface area contributed by atoms with Gasteiger partial charge in [-0.3, -0.25) is 0 Å². The van der Waals surface area contributed by atoms with Crippen LogP contribution < -0.4 is 5.32 Å². The lowest BCUT2D eigenvalue weighted by atomic mass is 10.4. The molecule has 0 radical (unpaired) electrons. The van der Waals surface area contributed by atoms with Crippen molar-refractivity contribution in [2.45, 2.75) is 11.6 Å². The van der Waals surface area contributed by atoms with Gasteiger partial charge in [0, 0.05) is 38.4 Å². The van der Waals surface area contributed by atoms with Crippen molar-refractivity contribution in [3.63, 3.8) is 0 Å². The number of hydrogen-bond donors (Lipinski definition) is 1. The summed E-state index contributed by atoms with van der Waals surface area (Å²) in [5.41, 5.74) is 0. The molecule has 0 aliphatic carbocycles. The Morgan fingerprint density at radius 3 is 2.87 bits per heavy atom. The van der Waals surface area contributed by atoms with Gasteiger partial charge in [-0.2, -0.15) is 0 Å². The largest absolute Gasteiger partial charge is 0.385 e. The van der Waals surface area contributed by atoms with Crippen molar-refractivity contribution >= 4 is 11.8 Å². The van der Waals surface area contributed by atoms with Gasteiger partial charge in [0.25, 0.3) is 0 Å². The SMILES string of the molecule is COCCCNCCSc1ncccn1. The van der Waals surface area contributed by atoms with E-state index < -0.39 is 0 Å². The number of thioether (sulfide) groups is 1. The number of methoxy groups -OCH3 is 1. The summed E-state index contributed by atoms with van der Waals surface area (Å²) in [4.78, 5) is 8.26. The van der Waals surface area contributed by atoms with Crippen LogP contribution in [0.4, 0.5) is 0 Å². The van der Waals surface area contributed by atoms with E-state index in [-0.39, 0.29) is 0 Å². The third kappa shape index (κ3) is 6.43. The van der Waals surface area contributed by atoms with E-state index in [0.717, 1.165) is 37.0 Å². The van der Waals surface area contributed by atoms with E-state index in [0.29, 0.717) is 0 Å². The van der Waals surface area contributed by atoms with E-state index in [1.807, 2.05) is 6.07 Å². The zero-order valence-electron chi connectivity index (χ0n) is 8.98. The monoisotopic (exact) mass is 227 g/mol. The molecule has 0 saturated heterocycles. The topological polar surface area (TPSA) is 47.0 Å². The van der Waals surface area contributed by atoms with Crippen molar-refractivity contribution in [3.05, 3.63) is 18.5 Å². The first-order valence-corrected chi connectivity index (χ1v) is 6.01. The summed E-state index contributed by atoms with van der Waals surface area (Å²) < 4.78 is 4.95. The fraction of sp³-hybridized carbons (Fsp3) is 0.600. The van der Waals surface area contributed by atoms with Crippen molar-refractivity contribution < 1.29 is 4.74 Å². The summed E-state index contributed by atoms with van der Waals surface area (Å²) in [6.45, 7) is 2.80. The minimum Gasteiger partial charge on any atom is -0.385 e. The molecule has 1 heterocycles. The van der Waals surface area contributed by atoms with Crippen molar-refractivity contribution in [3.8, 4) is 0 Å². The molecule has 0 aliphatic rings. The molecule has 0 spiro atoms.